The summed E-state index contributed by atoms with van der Waals surface area (Å²) >= 11 is 0. The lowest BCUT2D eigenvalue weighted by molar-refractivity contribution is -0.130. The fourth-order valence-corrected chi connectivity index (χ4v) is 2.25. The maximum absolute atomic E-state index is 12.1. The molecule has 128 valence electrons. The van der Waals surface area contributed by atoms with Gasteiger partial charge >= 0.3 is 0 Å². The summed E-state index contributed by atoms with van der Waals surface area (Å²) in [7, 11) is 5.06. The van der Waals surface area contributed by atoms with E-state index in [2.05, 4.69) is 17.8 Å². The van der Waals surface area contributed by atoms with E-state index >= 15 is 0 Å². The number of terminal acetylenes is 1. The van der Waals surface area contributed by atoms with Crippen LogP contribution < -0.4 is 9.47 Å². The second-order valence-electron chi connectivity index (χ2n) is 5.41. The molecule has 0 unspecified atom stereocenters. The van der Waals surface area contributed by atoms with Crippen molar-refractivity contribution in [2.75, 3.05) is 27.8 Å². The van der Waals surface area contributed by atoms with E-state index in [1.807, 2.05) is 25.2 Å². The lowest BCUT2D eigenvalue weighted by Crippen LogP contribution is -2.28. The standard InChI is InChI=1S/C20H25NO3/c1-5-6-7-8-9-10-11-20(22)21(2)15-14-17-12-13-18(23-3)19(16-17)24-4/h1,12-13,16H,8-11,14-15H2,2-4H3. The number of ether oxygens (including phenoxy) is 2. The number of amides is 1. The van der Waals surface area contributed by atoms with Gasteiger partial charge in [-0.3, -0.25) is 4.79 Å². The summed E-state index contributed by atoms with van der Waals surface area (Å²) in [4.78, 5) is 13.9. The van der Waals surface area contributed by atoms with Crippen LogP contribution in [0.3, 0.4) is 0 Å². The zero-order valence-corrected chi connectivity index (χ0v) is 14.7. The average Bonchev–Trinajstić information content (AvgIpc) is 2.61. The van der Waals surface area contributed by atoms with Crippen molar-refractivity contribution in [3.8, 4) is 35.7 Å². The third-order valence-electron chi connectivity index (χ3n) is 3.71. The molecule has 1 amide bonds. The number of benzene rings is 1. The molecule has 0 aliphatic rings. The van der Waals surface area contributed by atoms with Gasteiger partial charge in [0.2, 0.25) is 5.91 Å². The van der Waals surface area contributed by atoms with E-state index < -0.39 is 0 Å². The third-order valence-corrected chi connectivity index (χ3v) is 3.71. The lowest BCUT2D eigenvalue weighted by Gasteiger charge is -2.17. The number of methoxy groups -OCH3 is 2. The number of likely N-dealkylation sites (N-methyl/N-ethyl adjacent to an activating group) is 1. The van der Waals surface area contributed by atoms with Crippen LogP contribution in [-0.2, 0) is 11.2 Å². The van der Waals surface area contributed by atoms with E-state index in [0.29, 0.717) is 24.5 Å². The summed E-state index contributed by atoms with van der Waals surface area (Å²) in [6, 6.07) is 5.82. The van der Waals surface area contributed by atoms with Crippen molar-refractivity contribution >= 4 is 5.91 Å². The second kappa shape index (κ2) is 11.0. The summed E-state index contributed by atoms with van der Waals surface area (Å²) in [5.74, 6) is 9.30. The molecule has 0 radical (unpaired) electrons. The van der Waals surface area contributed by atoms with E-state index in [1.54, 1.807) is 19.1 Å². The van der Waals surface area contributed by atoms with Gasteiger partial charge in [-0.15, -0.1) is 6.42 Å². The number of unbranched alkanes of at least 4 members (excludes halogenated alkanes) is 2. The first-order chi connectivity index (χ1) is 11.6. The molecule has 0 heterocycles. The van der Waals surface area contributed by atoms with Crippen LogP contribution in [0.5, 0.6) is 11.5 Å². The van der Waals surface area contributed by atoms with Crippen molar-refractivity contribution in [3.63, 3.8) is 0 Å². The zero-order valence-electron chi connectivity index (χ0n) is 14.7. The van der Waals surface area contributed by atoms with Crippen molar-refractivity contribution in [3.05, 3.63) is 23.8 Å². The van der Waals surface area contributed by atoms with Gasteiger partial charge in [-0.25, -0.2) is 0 Å². The van der Waals surface area contributed by atoms with Gasteiger partial charge in [0.05, 0.1) is 14.2 Å². The molecule has 24 heavy (non-hydrogen) atoms. The van der Waals surface area contributed by atoms with Crippen molar-refractivity contribution < 1.29 is 14.3 Å². The summed E-state index contributed by atoms with van der Waals surface area (Å²) in [6.45, 7) is 0.672. The summed E-state index contributed by atoms with van der Waals surface area (Å²) in [6.07, 6.45) is 8.83. The molecule has 1 aromatic carbocycles. The Morgan fingerprint density at radius 1 is 1.21 bits per heavy atom. The minimum absolute atomic E-state index is 0.153. The van der Waals surface area contributed by atoms with Crippen LogP contribution in [0.2, 0.25) is 0 Å². The van der Waals surface area contributed by atoms with Gasteiger partial charge in [0.15, 0.2) is 11.5 Å². The number of hydrogen-bond donors (Lipinski definition) is 0. The van der Waals surface area contributed by atoms with Crippen molar-refractivity contribution in [1.82, 2.24) is 4.90 Å². The summed E-state index contributed by atoms with van der Waals surface area (Å²) < 4.78 is 10.5. The van der Waals surface area contributed by atoms with Crippen LogP contribution in [0.15, 0.2) is 18.2 Å². The molecular formula is C20H25NO3. The molecule has 1 rings (SSSR count). The first-order valence-electron chi connectivity index (χ1n) is 8.00. The highest BCUT2D eigenvalue weighted by Crippen LogP contribution is 2.27. The SMILES string of the molecule is C#CC#CCCCCC(=O)N(C)CCc1ccc(OC)c(OC)c1. The van der Waals surface area contributed by atoms with Gasteiger partial charge in [0.25, 0.3) is 0 Å². The second-order valence-corrected chi connectivity index (χ2v) is 5.41. The maximum atomic E-state index is 12.1. The minimum Gasteiger partial charge on any atom is -0.493 e. The molecule has 0 aliphatic heterocycles. The van der Waals surface area contributed by atoms with Crippen LogP contribution in [0.25, 0.3) is 0 Å². The Labute approximate surface area is 145 Å². The van der Waals surface area contributed by atoms with Crippen LogP contribution in [-0.4, -0.2) is 38.6 Å². The monoisotopic (exact) mass is 327 g/mol. The topological polar surface area (TPSA) is 38.8 Å². The van der Waals surface area contributed by atoms with Gasteiger partial charge in [0.1, 0.15) is 0 Å². The number of carbonyl (C=O) groups excluding carboxylic acids is 1. The Kier molecular flexibility index (Phi) is 8.94. The molecule has 0 spiro atoms. The molecule has 4 nitrogen and oxygen atoms in total. The summed E-state index contributed by atoms with van der Waals surface area (Å²) in [5, 5.41) is 0. The molecule has 0 saturated heterocycles. The number of hydrogen-bond acceptors (Lipinski definition) is 3. The Balaban J connectivity index is 2.38. The highest BCUT2D eigenvalue weighted by atomic mass is 16.5. The predicted octanol–water partition coefficient (Wildman–Crippen LogP) is 2.90. The molecule has 0 aliphatic carbocycles. The molecule has 4 heteroatoms. The van der Waals surface area contributed by atoms with Gasteiger partial charge in [-0.05, 0) is 48.8 Å². The minimum atomic E-state index is 0.153. The molecule has 0 fully saturated rings. The Hall–Kier alpha value is -2.59. The fourth-order valence-electron chi connectivity index (χ4n) is 2.25. The zero-order chi connectivity index (χ0) is 17.8. The largest absolute Gasteiger partial charge is 0.493 e. The van der Waals surface area contributed by atoms with Crippen molar-refractivity contribution in [2.24, 2.45) is 0 Å². The first-order valence-corrected chi connectivity index (χ1v) is 8.00. The number of carbonyl (C=O) groups is 1. The molecule has 0 aromatic heterocycles. The van der Waals surface area contributed by atoms with E-state index in [4.69, 9.17) is 15.9 Å². The van der Waals surface area contributed by atoms with E-state index in [0.717, 1.165) is 31.2 Å². The first kappa shape index (κ1) is 19.5. The highest BCUT2D eigenvalue weighted by molar-refractivity contribution is 5.75. The smallest absolute Gasteiger partial charge is 0.222 e. The quantitative estimate of drug-likeness (QED) is 0.517. The van der Waals surface area contributed by atoms with Gasteiger partial charge in [-0.2, -0.15) is 0 Å². The van der Waals surface area contributed by atoms with Crippen LogP contribution in [0.4, 0.5) is 0 Å². The normalized spacial score (nSPS) is 9.42. The van der Waals surface area contributed by atoms with E-state index in [1.165, 1.54) is 0 Å². The van der Waals surface area contributed by atoms with Crippen molar-refractivity contribution in [1.29, 1.82) is 0 Å². The van der Waals surface area contributed by atoms with Crippen LogP contribution >= 0.6 is 0 Å². The Morgan fingerprint density at radius 2 is 1.96 bits per heavy atom. The molecular weight excluding hydrogens is 302 g/mol. The van der Waals surface area contributed by atoms with E-state index in [9.17, 15) is 4.79 Å². The molecule has 0 saturated carbocycles. The number of rotatable bonds is 9. The lowest BCUT2D eigenvalue weighted by atomic mass is 10.1. The molecule has 1 aromatic rings. The van der Waals surface area contributed by atoms with Gasteiger partial charge < -0.3 is 14.4 Å². The van der Waals surface area contributed by atoms with Crippen molar-refractivity contribution in [2.45, 2.75) is 32.1 Å². The predicted molar refractivity (Wildman–Crippen MR) is 96.0 cm³/mol. The third kappa shape index (κ3) is 6.67. The Bertz CT molecular complexity index is 635. The molecule has 0 atom stereocenters. The average molecular weight is 327 g/mol. The maximum Gasteiger partial charge on any atom is 0.222 e. The van der Waals surface area contributed by atoms with Crippen LogP contribution in [0, 0.1) is 24.2 Å². The summed E-state index contributed by atoms with van der Waals surface area (Å²) in [5.41, 5.74) is 1.11. The van der Waals surface area contributed by atoms with E-state index in [-0.39, 0.29) is 5.91 Å². The highest BCUT2D eigenvalue weighted by Gasteiger charge is 2.09. The van der Waals surface area contributed by atoms with Gasteiger partial charge in [0, 0.05) is 26.4 Å². The fraction of sp³-hybridized carbons (Fsp3) is 0.450. The van der Waals surface area contributed by atoms with Gasteiger partial charge in [-0.1, -0.05) is 12.0 Å². The molecule has 0 bridgehead atoms. The number of nitrogens with zero attached hydrogens (tertiary/aromatic N) is 1. The van der Waals surface area contributed by atoms with Crippen LogP contribution in [0.1, 0.15) is 31.2 Å². The Morgan fingerprint density at radius 3 is 2.62 bits per heavy atom. The molecule has 0 N–H and O–H groups in total.